The van der Waals surface area contributed by atoms with Crippen LogP contribution in [0.25, 0.3) is 0 Å². The lowest BCUT2D eigenvalue weighted by Gasteiger charge is -2.33. The van der Waals surface area contributed by atoms with Crippen molar-refractivity contribution in [3.8, 4) is 0 Å². The standard InChI is InChI=1S/C26H33N3O4/c1-18(2)15-22(24(31)33-26(3,4)5)27-25(32)29(16-19-11-7-6-8-12-19)28-17-20-13-9-10-14-21(20)23(28)30/h6-14,18,22H,15-17H2,1-5H3,(H,27,32)/t22-/m0/s1. The minimum absolute atomic E-state index is 0.156. The summed E-state index contributed by atoms with van der Waals surface area (Å²) in [5, 5.41) is 5.66. The number of nitrogens with one attached hydrogen (secondary N) is 1. The van der Waals surface area contributed by atoms with Gasteiger partial charge in [0.25, 0.3) is 5.91 Å². The molecule has 0 radical (unpaired) electrons. The average molecular weight is 452 g/mol. The lowest BCUT2D eigenvalue weighted by molar-refractivity contribution is -0.157. The van der Waals surface area contributed by atoms with Gasteiger partial charge < -0.3 is 10.1 Å². The maximum Gasteiger partial charge on any atom is 0.337 e. The SMILES string of the molecule is CC(C)C[C@H](NC(=O)N(Cc1ccccc1)N1Cc2ccccc2C1=O)C(=O)OC(C)(C)C. The van der Waals surface area contributed by atoms with E-state index in [4.69, 9.17) is 4.74 Å². The summed E-state index contributed by atoms with van der Waals surface area (Å²) in [6, 6.07) is 15.4. The van der Waals surface area contributed by atoms with Gasteiger partial charge in [-0.2, -0.15) is 0 Å². The van der Waals surface area contributed by atoms with Gasteiger partial charge in [0, 0.05) is 5.56 Å². The highest BCUT2D eigenvalue weighted by Gasteiger charge is 2.36. The number of amides is 3. The second-order valence-corrected chi connectivity index (χ2v) is 9.73. The van der Waals surface area contributed by atoms with E-state index < -0.39 is 23.6 Å². The van der Waals surface area contributed by atoms with Gasteiger partial charge in [-0.25, -0.2) is 19.6 Å². The van der Waals surface area contributed by atoms with Crippen molar-refractivity contribution in [1.29, 1.82) is 0 Å². The van der Waals surface area contributed by atoms with Gasteiger partial charge in [0.1, 0.15) is 11.6 Å². The second-order valence-electron chi connectivity index (χ2n) is 9.73. The van der Waals surface area contributed by atoms with E-state index in [0.29, 0.717) is 12.0 Å². The summed E-state index contributed by atoms with van der Waals surface area (Å²) >= 11 is 0. The Bertz CT molecular complexity index is 998. The highest BCUT2D eigenvalue weighted by molar-refractivity contribution is 5.99. The molecule has 1 aliphatic rings. The van der Waals surface area contributed by atoms with E-state index in [1.165, 1.54) is 10.0 Å². The zero-order chi connectivity index (χ0) is 24.2. The third-order valence-electron chi connectivity index (χ3n) is 5.20. The van der Waals surface area contributed by atoms with Crippen LogP contribution in [0, 0.1) is 5.92 Å². The maximum atomic E-state index is 13.5. The van der Waals surface area contributed by atoms with Crippen molar-refractivity contribution in [2.45, 2.75) is 65.8 Å². The summed E-state index contributed by atoms with van der Waals surface area (Å²) in [6.07, 6.45) is 0.425. The molecule has 0 spiro atoms. The Morgan fingerprint density at radius 3 is 2.30 bits per heavy atom. The van der Waals surface area contributed by atoms with Crippen molar-refractivity contribution >= 4 is 17.9 Å². The molecule has 0 bridgehead atoms. The molecule has 1 aliphatic heterocycles. The minimum Gasteiger partial charge on any atom is -0.458 e. The zero-order valence-electron chi connectivity index (χ0n) is 20.0. The minimum atomic E-state index is -0.824. The van der Waals surface area contributed by atoms with Crippen LogP contribution < -0.4 is 5.32 Å². The molecule has 0 aromatic heterocycles. The molecule has 1 heterocycles. The van der Waals surface area contributed by atoms with Gasteiger partial charge in [-0.3, -0.25) is 4.79 Å². The normalized spacial score (nSPS) is 14.1. The van der Waals surface area contributed by atoms with E-state index in [9.17, 15) is 14.4 Å². The number of carbonyl (C=O) groups is 3. The van der Waals surface area contributed by atoms with Crippen LogP contribution in [0.5, 0.6) is 0 Å². The Labute approximate surface area is 195 Å². The summed E-state index contributed by atoms with van der Waals surface area (Å²) < 4.78 is 5.54. The van der Waals surface area contributed by atoms with E-state index in [-0.39, 0.29) is 24.9 Å². The number of hydrazine groups is 1. The third kappa shape index (κ3) is 6.34. The molecule has 3 amide bonds. The van der Waals surface area contributed by atoms with E-state index in [1.54, 1.807) is 26.8 Å². The van der Waals surface area contributed by atoms with Gasteiger partial charge in [0.05, 0.1) is 13.1 Å². The fourth-order valence-corrected chi connectivity index (χ4v) is 3.74. The third-order valence-corrected chi connectivity index (χ3v) is 5.20. The predicted molar refractivity (Wildman–Crippen MR) is 126 cm³/mol. The molecular weight excluding hydrogens is 418 g/mol. The number of ether oxygens (including phenoxy) is 1. The molecule has 7 nitrogen and oxygen atoms in total. The van der Waals surface area contributed by atoms with E-state index in [2.05, 4.69) is 5.32 Å². The number of benzene rings is 2. The van der Waals surface area contributed by atoms with Crippen molar-refractivity contribution in [2.24, 2.45) is 5.92 Å². The Balaban J connectivity index is 1.86. The van der Waals surface area contributed by atoms with Crippen molar-refractivity contribution in [1.82, 2.24) is 15.3 Å². The molecular formula is C26H33N3O4. The highest BCUT2D eigenvalue weighted by Crippen LogP contribution is 2.25. The number of rotatable bonds is 7. The smallest absolute Gasteiger partial charge is 0.337 e. The molecule has 176 valence electrons. The molecule has 2 aromatic rings. The predicted octanol–water partition coefficient (Wildman–Crippen LogP) is 4.53. The molecule has 0 aliphatic carbocycles. The summed E-state index contributed by atoms with van der Waals surface area (Å²) in [5.74, 6) is -0.572. The zero-order valence-corrected chi connectivity index (χ0v) is 20.0. The van der Waals surface area contributed by atoms with Gasteiger partial charge in [-0.15, -0.1) is 0 Å². The fourth-order valence-electron chi connectivity index (χ4n) is 3.74. The number of fused-ring (bicyclic) bond motifs is 1. The van der Waals surface area contributed by atoms with E-state index >= 15 is 0 Å². The monoisotopic (exact) mass is 451 g/mol. The number of urea groups is 1. The largest absolute Gasteiger partial charge is 0.458 e. The molecule has 0 unspecified atom stereocenters. The average Bonchev–Trinajstić information content (AvgIpc) is 3.07. The highest BCUT2D eigenvalue weighted by atomic mass is 16.6. The number of esters is 1. The summed E-state index contributed by atoms with van der Waals surface area (Å²) in [5.41, 5.74) is 1.63. The first-order valence-electron chi connectivity index (χ1n) is 11.3. The number of carbonyl (C=O) groups excluding carboxylic acids is 3. The molecule has 2 aromatic carbocycles. The van der Waals surface area contributed by atoms with Crippen LogP contribution in [0.4, 0.5) is 4.79 Å². The molecule has 0 saturated heterocycles. The van der Waals surface area contributed by atoms with Crippen LogP contribution in [-0.2, 0) is 22.6 Å². The first kappa shape index (κ1) is 24.3. The molecule has 0 fully saturated rings. The fraction of sp³-hybridized carbons (Fsp3) is 0.423. The van der Waals surface area contributed by atoms with Crippen LogP contribution >= 0.6 is 0 Å². The lowest BCUT2D eigenvalue weighted by atomic mass is 10.0. The van der Waals surface area contributed by atoms with Gasteiger partial charge in [-0.1, -0.05) is 62.4 Å². The van der Waals surface area contributed by atoms with Crippen LogP contribution in [-0.4, -0.2) is 39.6 Å². The van der Waals surface area contributed by atoms with Crippen LogP contribution in [0.3, 0.4) is 0 Å². The maximum absolute atomic E-state index is 13.5. The Kier molecular flexibility index (Phi) is 7.41. The first-order valence-corrected chi connectivity index (χ1v) is 11.3. The Morgan fingerprint density at radius 2 is 1.70 bits per heavy atom. The first-order chi connectivity index (χ1) is 15.5. The van der Waals surface area contributed by atoms with Gasteiger partial charge in [-0.05, 0) is 50.3 Å². The number of nitrogens with zero attached hydrogens (tertiary/aromatic N) is 2. The number of hydrogen-bond acceptors (Lipinski definition) is 4. The van der Waals surface area contributed by atoms with Crippen LogP contribution in [0.2, 0.25) is 0 Å². The van der Waals surface area contributed by atoms with Crippen molar-refractivity contribution in [3.05, 3.63) is 71.3 Å². The molecule has 33 heavy (non-hydrogen) atoms. The van der Waals surface area contributed by atoms with Gasteiger partial charge >= 0.3 is 12.0 Å². The summed E-state index contributed by atoms with van der Waals surface area (Å²) in [6.45, 7) is 9.81. The van der Waals surface area contributed by atoms with E-state index in [1.807, 2.05) is 62.4 Å². The molecule has 7 heteroatoms. The van der Waals surface area contributed by atoms with E-state index in [0.717, 1.165) is 11.1 Å². The molecule has 0 saturated carbocycles. The number of hydrogen-bond donors (Lipinski definition) is 1. The van der Waals surface area contributed by atoms with Crippen molar-refractivity contribution in [3.63, 3.8) is 0 Å². The van der Waals surface area contributed by atoms with Crippen molar-refractivity contribution in [2.75, 3.05) is 0 Å². The molecule has 1 N–H and O–H groups in total. The summed E-state index contributed by atoms with van der Waals surface area (Å²) in [4.78, 5) is 39.5. The summed E-state index contributed by atoms with van der Waals surface area (Å²) in [7, 11) is 0. The van der Waals surface area contributed by atoms with Crippen LogP contribution in [0.15, 0.2) is 54.6 Å². The lowest BCUT2D eigenvalue weighted by Crippen LogP contribution is -2.55. The second kappa shape index (κ2) is 10.1. The Morgan fingerprint density at radius 1 is 1.06 bits per heavy atom. The topological polar surface area (TPSA) is 79.0 Å². The molecule has 3 rings (SSSR count). The van der Waals surface area contributed by atoms with Gasteiger partial charge in [0.15, 0.2) is 0 Å². The Hall–Kier alpha value is -3.35. The van der Waals surface area contributed by atoms with Crippen molar-refractivity contribution < 1.29 is 19.1 Å². The van der Waals surface area contributed by atoms with Crippen LogP contribution in [0.1, 0.15) is 62.5 Å². The van der Waals surface area contributed by atoms with Gasteiger partial charge in [0.2, 0.25) is 0 Å². The molecule has 1 atom stereocenters. The quantitative estimate of drug-likeness (QED) is 0.628.